The molecule has 0 radical (unpaired) electrons. The number of benzene rings is 2. The standard InChI is InChI=1S/C18H15NO2S/c1-12-16(18(20)21)22-17(19-12)15(13-8-4-2-5-9-13)14-10-6-3-7-11-14/h2-11,15H,1H3,(H,20,21). The first-order chi connectivity index (χ1) is 10.7. The summed E-state index contributed by atoms with van der Waals surface area (Å²) in [4.78, 5) is 16.1. The van der Waals surface area contributed by atoms with Crippen LogP contribution in [-0.2, 0) is 0 Å². The van der Waals surface area contributed by atoms with E-state index in [1.807, 2.05) is 36.4 Å². The first-order valence-corrected chi connectivity index (χ1v) is 7.79. The van der Waals surface area contributed by atoms with Crippen LogP contribution in [0.15, 0.2) is 60.7 Å². The number of carboxylic acid groups (broad SMARTS) is 1. The summed E-state index contributed by atoms with van der Waals surface area (Å²) in [5.41, 5.74) is 2.79. The van der Waals surface area contributed by atoms with Gasteiger partial charge in [-0.25, -0.2) is 9.78 Å². The molecule has 3 nitrogen and oxygen atoms in total. The summed E-state index contributed by atoms with van der Waals surface area (Å²) in [6, 6.07) is 20.1. The minimum Gasteiger partial charge on any atom is -0.477 e. The molecule has 2 aromatic carbocycles. The van der Waals surface area contributed by atoms with Crippen LogP contribution in [0.25, 0.3) is 0 Å². The van der Waals surface area contributed by atoms with E-state index in [1.165, 1.54) is 11.3 Å². The van der Waals surface area contributed by atoms with Gasteiger partial charge in [-0.3, -0.25) is 0 Å². The SMILES string of the molecule is Cc1nc(C(c2ccccc2)c2ccccc2)sc1C(=O)O. The third-order valence-electron chi connectivity index (χ3n) is 3.52. The van der Waals surface area contributed by atoms with Crippen molar-refractivity contribution < 1.29 is 9.90 Å². The average molecular weight is 309 g/mol. The van der Waals surface area contributed by atoms with Crippen molar-refractivity contribution in [1.82, 2.24) is 4.98 Å². The zero-order chi connectivity index (χ0) is 15.5. The molecule has 0 bridgehead atoms. The molecule has 0 aliphatic rings. The van der Waals surface area contributed by atoms with Gasteiger partial charge in [-0.05, 0) is 18.1 Å². The van der Waals surface area contributed by atoms with Crippen molar-refractivity contribution in [2.75, 3.05) is 0 Å². The highest BCUT2D eigenvalue weighted by Gasteiger charge is 2.23. The van der Waals surface area contributed by atoms with Gasteiger partial charge in [0.2, 0.25) is 0 Å². The lowest BCUT2D eigenvalue weighted by Crippen LogP contribution is -2.02. The van der Waals surface area contributed by atoms with E-state index in [4.69, 9.17) is 0 Å². The summed E-state index contributed by atoms with van der Waals surface area (Å²) in [6.07, 6.45) is 0. The van der Waals surface area contributed by atoms with Gasteiger partial charge in [0.15, 0.2) is 0 Å². The van der Waals surface area contributed by atoms with Crippen molar-refractivity contribution in [1.29, 1.82) is 0 Å². The van der Waals surface area contributed by atoms with Gasteiger partial charge in [-0.1, -0.05) is 60.7 Å². The third kappa shape index (κ3) is 2.78. The first kappa shape index (κ1) is 14.5. The molecule has 1 heterocycles. The lowest BCUT2D eigenvalue weighted by atomic mass is 9.92. The van der Waals surface area contributed by atoms with Crippen molar-refractivity contribution in [3.63, 3.8) is 0 Å². The molecule has 1 N–H and O–H groups in total. The smallest absolute Gasteiger partial charge is 0.347 e. The van der Waals surface area contributed by atoms with Gasteiger partial charge >= 0.3 is 5.97 Å². The Morgan fingerprint density at radius 2 is 1.50 bits per heavy atom. The largest absolute Gasteiger partial charge is 0.477 e. The van der Waals surface area contributed by atoms with E-state index in [9.17, 15) is 9.90 Å². The Bertz CT molecular complexity index is 742. The molecule has 0 aliphatic heterocycles. The summed E-state index contributed by atoms with van der Waals surface area (Å²) in [5, 5.41) is 10.1. The van der Waals surface area contributed by atoms with Crippen LogP contribution in [0.4, 0.5) is 0 Å². The van der Waals surface area contributed by atoms with Crippen LogP contribution >= 0.6 is 11.3 Å². The molecular weight excluding hydrogens is 294 g/mol. The molecule has 0 saturated carbocycles. The Balaban J connectivity index is 2.14. The number of hydrogen-bond acceptors (Lipinski definition) is 3. The minimum absolute atomic E-state index is 0.0424. The Morgan fingerprint density at radius 1 is 1.00 bits per heavy atom. The van der Waals surface area contributed by atoms with Gasteiger partial charge in [-0.2, -0.15) is 0 Å². The highest BCUT2D eigenvalue weighted by atomic mass is 32.1. The predicted octanol–water partition coefficient (Wildman–Crippen LogP) is 4.33. The number of aromatic carboxylic acids is 1. The van der Waals surface area contributed by atoms with Gasteiger partial charge in [0.1, 0.15) is 9.88 Å². The van der Waals surface area contributed by atoms with E-state index in [0.717, 1.165) is 16.1 Å². The van der Waals surface area contributed by atoms with E-state index in [1.54, 1.807) is 6.92 Å². The van der Waals surface area contributed by atoms with Crippen LogP contribution in [-0.4, -0.2) is 16.1 Å². The van der Waals surface area contributed by atoms with Crippen molar-refractivity contribution in [2.24, 2.45) is 0 Å². The second kappa shape index (κ2) is 6.12. The highest BCUT2D eigenvalue weighted by Crippen LogP contribution is 2.35. The zero-order valence-corrected chi connectivity index (χ0v) is 12.9. The average Bonchev–Trinajstić information content (AvgIpc) is 2.91. The first-order valence-electron chi connectivity index (χ1n) is 6.97. The number of thiazole rings is 1. The summed E-state index contributed by atoms with van der Waals surface area (Å²) < 4.78 is 0. The minimum atomic E-state index is -0.916. The molecule has 0 aliphatic carbocycles. The Morgan fingerprint density at radius 3 is 1.91 bits per heavy atom. The van der Waals surface area contributed by atoms with Crippen LogP contribution in [0.3, 0.4) is 0 Å². The maximum atomic E-state index is 11.3. The highest BCUT2D eigenvalue weighted by molar-refractivity contribution is 7.13. The predicted molar refractivity (Wildman–Crippen MR) is 87.6 cm³/mol. The van der Waals surface area contributed by atoms with Gasteiger partial charge in [0, 0.05) is 0 Å². The maximum Gasteiger partial charge on any atom is 0.347 e. The second-order valence-corrected chi connectivity index (χ2v) is 6.06. The molecule has 110 valence electrons. The number of nitrogens with zero attached hydrogens (tertiary/aromatic N) is 1. The molecule has 0 amide bonds. The Kier molecular flexibility index (Phi) is 4.02. The van der Waals surface area contributed by atoms with Crippen molar-refractivity contribution in [3.8, 4) is 0 Å². The number of carbonyl (C=O) groups is 1. The molecule has 0 fully saturated rings. The molecule has 4 heteroatoms. The number of aromatic nitrogens is 1. The van der Waals surface area contributed by atoms with E-state index in [0.29, 0.717) is 10.6 Å². The van der Waals surface area contributed by atoms with Crippen LogP contribution < -0.4 is 0 Å². The van der Waals surface area contributed by atoms with Gasteiger partial charge in [0.05, 0.1) is 11.6 Å². The fourth-order valence-corrected chi connectivity index (χ4v) is 3.57. The second-order valence-electron chi connectivity index (χ2n) is 5.03. The molecule has 1 aromatic heterocycles. The fraction of sp³-hybridized carbons (Fsp3) is 0.111. The van der Waals surface area contributed by atoms with E-state index < -0.39 is 5.97 Å². The van der Waals surface area contributed by atoms with E-state index in [-0.39, 0.29) is 5.92 Å². The van der Waals surface area contributed by atoms with Gasteiger partial charge in [-0.15, -0.1) is 11.3 Å². The molecule has 0 atom stereocenters. The summed E-state index contributed by atoms with van der Waals surface area (Å²) in [5.74, 6) is -0.958. The van der Waals surface area contributed by atoms with Crippen LogP contribution in [0.1, 0.15) is 37.4 Å². The van der Waals surface area contributed by atoms with Gasteiger partial charge < -0.3 is 5.11 Å². The molecule has 22 heavy (non-hydrogen) atoms. The molecule has 0 unspecified atom stereocenters. The van der Waals surface area contributed by atoms with Crippen LogP contribution in [0, 0.1) is 6.92 Å². The van der Waals surface area contributed by atoms with Crippen LogP contribution in [0.5, 0.6) is 0 Å². The van der Waals surface area contributed by atoms with Crippen LogP contribution in [0.2, 0.25) is 0 Å². The molecule has 3 rings (SSSR count). The Hall–Kier alpha value is -2.46. The topological polar surface area (TPSA) is 50.2 Å². The lowest BCUT2D eigenvalue weighted by Gasteiger charge is -2.15. The third-order valence-corrected chi connectivity index (χ3v) is 4.73. The monoisotopic (exact) mass is 309 g/mol. The number of hydrogen-bond donors (Lipinski definition) is 1. The number of rotatable bonds is 4. The molecule has 0 saturated heterocycles. The van der Waals surface area contributed by atoms with E-state index >= 15 is 0 Å². The molecular formula is C18H15NO2S. The molecule has 3 aromatic rings. The zero-order valence-electron chi connectivity index (χ0n) is 12.1. The van der Waals surface area contributed by atoms with E-state index in [2.05, 4.69) is 29.2 Å². The summed E-state index contributed by atoms with van der Waals surface area (Å²) >= 11 is 1.25. The van der Waals surface area contributed by atoms with Crippen molar-refractivity contribution in [2.45, 2.75) is 12.8 Å². The summed E-state index contributed by atoms with van der Waals surface area (Å²) in [6.45, 7) is 1.75. The number of carboxylic acids is 1. The fourth-order valence-electron chi connectivity index (χ4n) is 2.51. The van der Waals surface area contributed by atoms with Crippen molar-refractivity contribution in [3.05, 3.63) is 87.4 Å². The quantitative estimate of drug-likeness (QED) is 0.780. The Labute approximate surface area is 132 Å². The van der Waals surface area contributed by atoms with Crippen molar-refractivity contribution >= 4 is 17.3 Å². The van der Waals surface area contributed by atoms with Gasteiger partial charge in [0.25, 0.3) is 0 Å². The number of aryl methyl sites for hydroxylation is 1. The summed E-state index contributed by atoms with van der Waals surface area (Å²) in [7, 11) is 0. The lowest BCUT2D eigenvalue weighted by molar-refractivity contribution is 0.0701. The molecule has 0 spiro atoms. The maximum absolute atomic E-state index is 11.3. The normalized spacial score (nSPS) is 10.8.